The van der Waals surface area contributed by atoms with Gasteiger partial charge in [0.15, 0.2) is 9.84 Å². The molecule has 34 heavy (non-hydrogen) atoms. The Kier molecular flexibility index (Phi) is 6.59. The van der Waals surface area contributed by atoms with Gasteiger partial charge in [0.2, 0.25) is 5.89 Å². The van der Waals surface area contributed by atoms with Gasteiger partial charge in [-0.15, -0.1) is 0 Å². The molecule has 0 saturated heterocycles. The molecule has 0 aliphatic heterocycles. The summed E-state index contributed by atoms with van der Waals surface area (Å²) in [6.07, 6.45) is 0. The van der Waals surface area contributed by atoms with Crippen molar-refractivity contribution in [1.29, 1.82) is 0 Å². The number of hydrogen-bond donors (Lipinski definition) is 1. The summed E-state index contributed by atoms with van der Waals surface area (Å²) in [6.45, 7) is 5.50. The van der Waals surface area contributed by atoms with Crippen LogP contribution in [0, 0.1) is 20.8 Å². The van der Waals surface area contributed by atoms with Crippen molar-refractivity contribution in [3.8, 4) is 11.5 Å². The van der Waals surface area contributed by atoms with Gasteiger partial charge in [-0.05, 0) is 74.9 Å². The predicted molar refractivity (Wildman–Crippen MR) is 133 cm³/mol. The van der Waals surface area contributed by atoms with E-state index in [0.29, 0.717) is 39.2 Å². The minimum Gasteiger partial charge on any atom is -0.441 e. The zero-order chi connectivity index (χ0) is 24.5. The van der Waals surface area contributed by atoms with Crippen molar-refractivity contribution >= 4 is 33.0 Å². The van der Waals surface area contributed by atoms with Crippen LogP contribution in [0.2, 0.25) is 5.02 Å². The van der Waals surface area contributed by atoms with Gasteiger partial charge >= 0.3 is 0 Å². The first-order valence-corrected chi connectivity index (χ1v) is 12.6. The lowest BCUT2D eigenvalue weighted by atomic mass is 10.1. The number of aromatic nitrogens is 1. The Morgan fingerprint density at radius 1 is 0.941 bits per heavy atom. The third kappa shape index (κ3) is 5.21. The van der Waals surface area contributed by atoms with Gasteiger partial charge in [0.25, 0.3) is 5.91 Å². The van der Waals surface area contributed by atoms with Crippen molar-refractivity contribution in [2.75, 3.05) is 5.32 Å². The second kappa shape index (κ2) is 9.44. The number of carbonyl (C=O) groups is 1. The number of sulfone groups is 1. The van der Waals surface area contributed by atoms with Crippen molar-refractivity contribution in [3.05, 3.63) is 99.9 Å². The Balaban J connectivity index is 1.50. The van der Waals surface area contributed by atoms with E-state index in [0.717, 1.165) is 11.1 Å². The Hall–Kier alpha value is -3.42. The molecule has 3 aromatic carbocycles. The van der Waals surface area contributed by atoms with Gasteiger partial charge in [0, 0.05) is 11.1 Å². The van der Waals surface area contributed by atoms with Crippen molar-refractivity contribution in [2.45, 2.75) is 31.4 Å². The smallest absolute Gasteiger partial charge is 0.255 e. The van der Waals surface area contributed by atoms with Crippen LogP contribution in [0.5, 0.6) is 0 Å². The van der Waals surface area contributed by atoms with Gasteiger partial charge in [0.05, 0.1) is 21.3 Å². The van der Waals surface area contributed by atoms with E-state index >= 15 is 0 Å². The Morgan fingerprint density at radius 3 is 2.24 bits per heavy atom. The summed E-state index contributed by atoms with van der Waals surface area (Å²) in [5.41, 5.74) is 3.94. The van der Waals surface area contributed by atoms with Crippen molar-refractivity contribution in [1.82, 2.24) is 4.98 Å². The molecule has 1 N–H and O–H groups in total. The molecule has 0 radical (unpaired) electrons. The molecule has 8 heteroatoms. The molecule has 0 aliphatic carbocycles. The number of carbonyl (C=O) groups excluding carboxylic acids is 1. The van der Waals surface area contributed by atoms with Crippen LogP contribution in [-0.2, 0) is 15.6 Å². The fourth-order valence-electron chi connectivity index (χ4n) is 3.37. The van der Waals surface area contributed by atoms with Crippen LogP contribution in [0.4, 0.5) is 5.69 Å². The molecule has 6 nitrogen and oxygen atoms in total. The standard InChI is InChI=1S/C26H23ClN2O4S/c1-16-4-11-21(12-5-16)34(31,32)15-24-18(3)33-26(29-24)20-9-7-19(8-10-20)25(30)28-23-13-6-17(2)14-22(23)27/h4-14H,15H2,1-3H3,(H,28,30). The van der Waals surface area contributed by atoms with Crippen LogP contribution in [0.3, 0.4) is 0 Å². The lowest BCUT2D eigenvalue weighted by Crippen LogP contribution is -2.12. The third-order valence-electron chi connectivity index (χ3n) is 5.37. The third-order valence-corrected chi connectivity index (χ3v) is 7.32. The summed E-state index contributed by atoms with van der Waals surface area (Å²) >= 11 is 6.20. The average Bonchev–Trinajstić information content (AvgIpc) is 3.15. The molecule has 0 bridgehead atoms. The highest BCUT2D eigenvalue weighted by atomic mass is 35.5. The van der Waals surface area contributed by atoms with Crippen LogP contribution in [0.15, 0.2) is 76.0 Å². The number of hydrogen-bond acceptors (Lipinski definition) is 5. The first-order valence-electron chi connectivity index (χ1n) is 10.6. The van der Waals surface area contributed by atoms with E-state index in [1.165, 1.54) is 0 Å². The number of halogens is 1. The van der Waals surface area contributed by atoms with Gasteiger partial charge in [-0.25, -0.2) is 13.4 Å². The summed E-state index contributed by atoms with van der Waals surface area (Å²) in [6, 6.07) is 18.8. The maximum atomic E-state index is 12.8. The number of rotatable bonds is 6. The number of nitrogens with zero attached hydrogens (tertiary/aromatic N) is 1. The summed E-state index contributed by atoms with van der Waals surface area (Å²) < 4.78 is 31.3. The highest BCUT2D eigenvalue weighted by Crippen LogP contribution is 2.26. The largest absolute Gasteiger partial charge is 0.441 e. The lowest BCUT2D eigenvalue weighted by molar-refractivity contribution is 0.102. The van der Waals surface area contributed by atoms with Crippen LogP contribution in [0.1, 0.15) is 32.9 Å². The molecular formula is C26H23ClN2O4S. The maximum Gasteiger partial charge on any atom is 0.255 e. The number of aryl methyl sites for hydroxylation is 3. The number of nitrogens with one attached hydrogen (secondary N) is 1. The molecule has 0 unspecified atom stereocenters. The first-order chi connectivity index (χ1) is 16.1. The Bertz CT molecular complexity index is 1460. The van der Waals surface area contributed by atoms with Crippen molar-refractivity contribution < 1.29 is 17.6 Å². The molecule has 4 rings (SSSR count). The topological polar surface area (TPSA) is 89.3 Å². The Labute approximate surface area is 203 Å². The van der Waals surface area contributed by atoms with E-state index < -0.39 is 9.84 Å². The number of oxazole rings is 1. The highest BCUT2D eigenvalue weighted by Gasteiger charge is 2.21. The first kappa shape index (κ1) is 23.7. The fraction of sp³-hybridized carbons (Fsp3) is 0.154. The zero-order valence-corrected chi connectivity index (χ0v) is 20.5. The molecule has 0 atom stereocenters. The fourth-order valence-corrected chi connectivity index (χ4v) is 5.00. The quantitative estimate of drug-likeness (QED) is 0.347. The molecular weight excluding hydrogens is 472 g/mol. The van der Waals surface area contributed by atoms with Gasteiger partial charge in [-0.3, -0.25) is 4.79 Å². The summed E-state index contributed by atoms with van der Waals surface area (Å²) in [4.78, 5) is 17.2. The molecule has 0 aliphatic rings. The van der Waals surface area contributed by atoms with E-state index in [9.17, 15) is 13.2 Å². The van der Waals surface area contributed by atoms with Gasteiger partial charge in [0.1, 0.15) is 11.5 Å². The van der Waals surface area contributed by atoms with Crippen LogP contribution < -0.4 is 5.32 Å². The SMILES string of the molecule is Cc1ccc(S(=O)(=O)Cc2nc(-c3ccc(C(=O)Nc4ccc(C)cc4Cl)cc3)oc2C)cc1. The zero-order valence-electron chi connectivity index (χ0n) is 18.9. The Morgan fingerprint density at radius 2 is 1.59 bits per heavy atom. The predicted octanol–water partition coefficient (Wildman–Crippen LogP) is 6.15. The molecule has 4 aromatic rings. The van der Waals surface area contributed by atoms with E-state index in [1.54, 1.807) is 67.6 Å². The van der Waals surface area contributed by atoms with Crippen molar-refractivity contribution in [3.63, 3.8) is 0 Å². The van der Waals surface area contributed by atoms with Gasteiger partial charge in [-0.2, -0.15) is 0 Å². The van der Waals surface area contributed by atoms with E-state index in [-0.39, 0.29) is 16.6 Å². The average molecular weight is 495 g/mol. The number of amides is 1. The van der Waals surface area contributed by atoms with E-state index in [2.05, 4.69) is 10.3 Å². The minimum absolute atomic E-state index is 0.242. The van der Waals surface area contributed by atoms with Crippen LogP contribution in [-0.4, -0.2) is 19.3 Å². The van der Waals surface area contributed by atoms with Crippen molar-refractivity contribution in [2.24, 2.45) is 0 Å². The van der Waals surface area contributed by atoms with E-state index in [1.807, 2.05) is 19.9 Å². The van der Waals surface area contributed by atoms with Gasteiger partial charge in [-0.1, -0.05) is 35.4 Å². The monoisotopic (exact) mass is 494 g/mol. The maximum absolute atomic E-state index is 12.8. The highest BCUT2D eigenvalue weighted by molar-refractivity contribution is 7.90. The molecule has 1 aromatic heterocycles. The lowest BCUT2D eigenvalue weighted by Gasteiger charge is -2.08. The minimum atomic E-state index is -3.56. The van der Waals surface area contributed by atoms with Gasteiger partial charge < -0.3 is 9.73 Å². The molecule has 0 spiro atoms. The normalized spacial score (nSPS) is 11.4. The molecule has 1 heterocycles. The summed E-state index contributed by atoms with van der Waals surface area (Å²) in [5, 5.41) is 3.26. The van der Waals surface area contributed by atoms with Crippen LogP contribution in [0.25, 0.3) is 11.5 Å². The molecule has 0 fully saturated rings. The number of anilines is 1. The molecule has 174 valence electrons. The van der Waals surface area contributed by atoms with Crippen LogP contribution >= 0.6 is 11.6 Å². The second-order valence-corrected chi connectivity index (χ2v) is 10.5. The second-order valence-electron chi connectivity index (χ2n) is 8.11. The summed E-state index contributed by atoms with van der Waals surface area (Å²) in [5.74, 6) is 0.163. The van der Waals surface area contributed by atoms with E-state index in [4.69, 9.17) is 16.0 Å². The number of benzene rings is 3. The summed E-state index contributed by atoms with van der Waals surface area (Å²) in [7, 11) is -3.56. The molecule has 1 amide bonds. The molecule has 0 saturated carbocycles.